The van der Waals surface area contributed by atoms with Gasteiger partial charge in [0.2, 0.25) is 5.91 Å². The Kier molecular flexibility index (Phi) is 7.05. The van der Waals surface area contributed by atoms with Gasteiger partial charge in [-0.15, -0.1) is 0 Å². The third-order valence-corrected chi connectivity index (χ3v) is 2.81. The van der Waals surface area contributed by atoms with Crippen molar-refractivity contribution in [1.29, 1.82) is 0 Å². The number of carbonyl (C=O) groups is 3. The first-order chi connectivity index (χ1) is 10.8. The number of nitrogens with zero attached hydrogens (tertiary/aromatic N) is 1. The van der Waals surface area contributed by atoms with Crippen LogP contribution in [0.3, 0.4) is 0 Å². The number of benzene rings is 1. The molecule has 0 heterocycles. The Hall–Kier alpha value is -2.57. The third kappa shape index (κ3) is 6.37. The minimum atomic E-state index is -0.582. The van der Waals surface area contributed by atoms with Crippen LogP contribution < -0.4 is 10.6 Å². The number of hydrogen-bond donors (Lipinski definition) is 2. The lowest BCUT2D eigenvalue weighted by atomic mass is 10.1. The zero-order chi connectivity index (χ0) is 17.4. The van der Waals surface area contributed by atoms with Crippen LogP contribution >= 0.6 is 0 Å². The summed E-state index contributed by atoms with van der Waals surface area (Å²) in [6.07, 6.45) is -0.582. The molecule has 0 saturated heterocycles. The van der Waals surface area contributed by atoms with E-state index in [4.69, 9.17) is 4.74 Å². The van der Waals surface area contributed by atoms with E-state index in [1.165, 1.54) is 11.0 Å². The number of carbonyl (C=O) groups excluding carboxylic acids is 3. The third-order valence-electron chi connectivity index (χ3n) is 2.81. The number of ether oxygens (including phenoxy) is 1. The fourth-order valence-corrected chi connectivity index (χ4v) is 1.89. The molecular weight excluding hydrogens is 298 g/mol. The van der Waals surface area contributed by atoms with Crippen LogP contribution in [-0.4, -0.2) is 49.0 Å². The normalized spacial score (nSPS) is 10.1. The summed E-state index contributed by atoms with van der Waals surface area (Å²) in [5.41, 5.74) is 0.827. The summed E-state index contributed by atoms with van der Waals surface area (Å²) in [5.74, 6) is -0.534. The first kappa shape index (κ1) is 18.5. The van der Waals surface area contributed by atoms with Crippen molar-refractivity contribution in [2.24, 2.45) is 0 Å². The molecule has 0 aliphatic carbocycles. The van der Waals surface area contributed by atoms with Gasteiger partial charge < -0.3 is 15.0 Å². The Morgan fingerprint density at radius 2 is 1.96 bits per heavy atom. The van der Waals surface area contributed by atoms with Crippen LogP contribution in [0.25, 0.3) is 0 Å². The summed E-state index contributed by atoms with van der Waals surface area (Å²) in [7, 11) is 1.55. The Bertz CT molecular complexity index is 572. The molecule has 0 spiro atoms. The van der Waals surface area contributed by atoms with Crippen LogP contribution in [0.5, 0.6) is 0 Å². The fraction of sp³-hybridized carbons (Fsp3) is 0.438. The Labute approximate surface area is 136 Å². The number of anilines is 1. The standard InChI is InChI=1S/C16H23N3O4/c1-5-23-16(22)18-13-8-6-7-12(9-13)15(21)19(4)10-14(20)17-11(2)3/h6-9,11H,5,10H2,1-4H3,(H,17,20)(H,18,22). The SMILES string of the molecule is CCOC(=O)Nc1cccc(C(=O)N(C)CC(=O)NC(C)C)c1. The van der Waals surface area contributed by atoms with Crippen LogP contribution in [-0.2, 0) is 9.53 Å². The molecule has 0 atom stereocenters. The number of nitrogens with one attached hydrogen (secondary N) is 2. The second kappa shape index (κ2) is 8.77. The summed E-state index contributed by atoms with van der Waals surface area (Å²) in [6.45, 7) is 5.63. The molecule has 0 aliphatic heterocycles. The number of rotatable bonds is 6. The van der Waals surface area contributed by atoms with Crippen molar-refractivity contribution in [2.45, 2.75) is 26.8 Å². The van der Waals surface area contributed by atoms with Crippen molar-refractivity contribution in [3.63, 3.8) is 0 Å². The molecule has 0 bridgehead atoms. The van der Waals surface area contributed by atoms with Gasteiger partial charge >= 0.3 is 6.09 Å². The predicted molar refractivity (Wildman–Crippen MR) is 87.3 cm³/mol. The average molecular weight is 321 g/mol. The van der Waals surface area contributed by atoms with Crippen LogP contribution in [0.4, 0.5) is 10.5 Å². The van der Waals surface area contributed by atoms with E-state index < -0.39 is 6.09 Å². The average Bonchev–Trinajstić information content (AvgIpc) is 2.45. The second-order valence-electron chi connectivity index (χ2n) is 5.31. The summed E-state index contributed by atoms with van der Waals surface area (Å²) >= 11 is 0. The van der Waals surface area contributed by atoms with E-state index in [0.717, 1.165) is 0 Å². The van der Waals surface area contributed by atoms with E-state index in [1.807, 2.05) is 13.8 Å². The van der Waals surface area contributed by atoms with Crippen molar-refractivity contribution < 1.29 is 19.1 Å². The second-order valence-corrected chi connectivity index (χ2v) is 5.31. The molecule has 7 nitrogen and oxygen atoms in total. The van der Waals surface area contributed by atoms with Crippen molar-refractivity contribution in [3.05, 3.63) is 29.8 Å². The molecule has 3 amide bonds. The van der Waals surface area contributed by atoms with Crippen LogP contribution in [0.1, 0.15) is 31.1 Å². The van der Waals surface area contributed by atoms with Gasteiger partial charge in [-0.05, 0) is 39.0 Å². The first-order valence-corrected chi connectivity index (χ1v) is 7.42. The topological polar surface area (TPSA) is 87.7 Å². The number of likely N-dealkylation sites (N-methyl/N-ethyl adjacent to an activating group) is 1. The van der Waals surface area contributed by atoms with Gasteiger partial charge in [0.05, 0.1) is 13.2 Å². The first-order valence-electron chi connectivity index (χ1n) is 7.42. The zero-order valence-corrected chi connectivity index (χ0v) is 13.9. The molecule has 2 N–H and O–H groups in total. The summed E-state index contributed by atoms with van der Waals surface area (Å²) in [5, 5.41) is 5.26. The number of amides is 3. The van der Waals surface area contributed by atoms with Gasteiger partial charge in [-0.25, -0.2) is 4.79 Å². The van der Waals surface area contributed by atoms with E-state index in [0.29, 0.717) is 11.3 Å². The molecule has 1 rings (SSSR count). The summed E-state index contributed by atoms with van der Waals surface area (Å²) < 4.78 is 4.78. The fourth-order valence-electron chi connectivity index (χ4n) is 1.89. The van der Waals surface area contributed by atoms with Gasteiger partial charge in [0.1, 0.15) is 0 Å². The monoisotopic (exact) mass is 321 g/mol. The smallest absolute Gasteiger partial charge is 0.411 e. The van der Waals surface area contributed by atoms with E-state index in [1.54, 1.807) is 32.2 Å². The van der Waals surface area contributed by atoms with E-state index in [-0.39, 0.29) is 31.0 Å². The van der Waals surface area contributed by atoms with Crippen molar-refractivity contribution in [1.82, 2.24) is 10.2 Å². The van der Waals surface area contributed by atoms with Crippen LogP contribution in [0.2, 0.25) is 0 Å². The highest BCUT2D eigenvalue weighted by molar-refractivity contribution is 5.98. The maximum Gasteiger partial charge on any atom is 0.411 e. The van der Waals surface area contributed by atoms with Gasteiger partial charge in [-0.1, -0.05) is 6.07 Å². The van der Waals surface area contributed by atoms with Gasteiger partial charge in [-0.3, -0.25) is 14.9 Å². The van der Waals surface area contributed by atoms with Crippen molar-refractivity contribution >= 4 is 23.6 Å². The molecule has 0 saturated carbocycles. The lowest BCUT2D eigenvalue weighted by Crippen LogP contribution is -2.40. The zero-order valence-electron chi connectivity index (χ0n) is 13.9. The predicted octanol–water partition coefficient (Wildman–Crippen LogP) is 1.85. The molecule has 1 aromatic carbocycles. The minimum Gasteiger partial charge on any atom is -0.450 e. The maximum absolute atomic E-state index is 12.3. The molecule has 23 heavy (non-hydrogen) atoms. The molecule has 0 aliphatic rings. The number of hydrogen-bond acceptors (Lipinski definition) is 4. The van der Waals surface area contributed by atoms with Gasteiger partial charge in [0.25, 0.3) is 5.91 Å². The maximum atomic E-state index is 12.3. The van der Waals surface area contributed by atoms with Gasteiger partial charge in [0.15, 0.2) is 0 Å². The quantitative estimate of drug-likeness (QED) is 0.837. The summed E-state index contributed by atoms with van der Waals surface area (Å²) in [4.78, 5) is 36.8. The van der Waals surface area contributed by atoms with Crippen molar-refractivity contribution in [3.8, 4) is 0 Å². The molecule has 7 heteroatoms. The van der Waals surface area contributed by atoms with Crippen LogP contribution in [0, 0.1) is 0 Å². The lowest BCUT2D eigenvalue weighted by molar-refractivity contribution is -0.122. The Morgan fingerprint density at radius 3 is 2.57 bits per heavy atom. The van der Waals surface area contributed by atoms with Gasteiger partial charge in [0, 0.05) is 24.3 Å². The van der Waals surface area contributed by atoms with E-state index >= 15 is 0 Å². The molecule has 0 radical (unpaired) electrons. The molecule has 0 aromatic heterocycles. The highest BCUT2D eigenvalue weighted by Gasteiger charge is 2.16. The highest BCUT2D eigenvalue weighted by atomic mass is 16.5. The molecule has 126 valence electrons. The molecule has 1 aromatic rings. The van der Waals surface area contributed by atoms with Gasteiger partial charge in [-0.2, -0.15) is 0 Å². The van der Waals surface area contributed by atoms with Crippen molar-refractivity contribution in [2.75, 3.05) is 25.5 Å². The van der Waals surface area contributed by atoms with E-state index in [9.17, 15) is 14.4 Å². The molecular formula is C16H23N3O4. The highest BCUT2D eigenvalue weighted by Crippen LogP contribution is 2.12. The Balaban J connectivity index is 2.72. The Morgan fingerprint density at radius 1 is 1.26 bits per heavy atom. The molecule has 0 unspecified atom stereocenters. The molecule has 0 fully saturated rings. The van der Waals surface area contributed by atoms with E-state index in [2.05, 4.69) is 10.6 Å². The minimum absolute atomic E-state index is 0.0168. The lowest BCUT2D eigenvalue weighted by Gasteiger charge is -2.18. The largest absolute Gasteiger partial charge is 0.450 e. The summed E-state index contributed by atoms with van der Waals surface area (Å²) in [6, 6.07) is 6.48. The van der Waals surface area contributed by atoms with Crippen LogP contribution in [0.15, 0.2) is 24.3 Å².